The molecule has 3 heterocycles. The van der Waals surface area contributed by atoms with Gasteiger partial charge in [-0.1, -0.05) is 24.3 Å². The van der Waals surface area contributed by atoms with Gasteiger partial charge in [0.15, 0.2) is 11.6 Å². The number of pyridine rings is 1. The van der Waals surface area contributed by atoms with Gasteiger partial charge in [-0.05, 0) is 24.3 Å². The fraction of sp³-hybridized carbons (Fsp3) is 0.200. The minimum absolute atomic E-state index is 0.269. The van der Waals surface area contributed by atoms with E-state index in [1.165, 1.54) is 6.33 Å². The van der Waals surface area contributed by atoms with Crippen molar-refractivity contribution in [2.75, 3.05) is 47.1 Å². The van der Waals surface area contributed by atoms with Crippen molar-refractivity contribution in [2.24, 2.45) is 0 Å². The number of aromatic nitrogens is 3. The molecule has 0 spiro atoms. The summed E-state index contributed by atoms with van der Waals surface area (Å²) in [5.74, 6) is 1.71. The molecule has 0 atom stereocenters. The van der Waals surface area contributed by atoms with Gasteiger partial charge in [-0.3, -0.25) is 15.6 Å². The first-order valence-corrected chi connectivity index (χ1v) is 9.35. The number of nitrogen functional groups attached to an aromatic ring is 1. The van der Waals surface area contributed by atoms with E-state index < -0.39 is 0 Å². The Morgan fingerprint density at radius 1 is 0.897 bits per heavy atom. The number of hydrogen-bond donors (Lipinski definition) is 3. The van der Waals surface area contributed by atoms with Crippen molar-refractivity contribution in [3.05, 3.63) is 66.6 Å². The maximum atomic E-state index is 12.2. The molecule has 4 N–H and O–H groups in total. The molecule has 1 aliphatic rings. The molecule has 9 nitrogen and oxygen atoms in total. The SMILES string of the molecule is Nc1c(NNC(=O)c2ccccc2)ncnc1N1CCN(c2ccccn2)CC1. The van der Waals surface area contributed by atoms with Crippen molar-refractivity contribution in [2.45, 2.75) is 0 Å². The van der Waals surface area contributed by atoms with E-state index in [0.29, 0.717) is 22.9 Å². The van der Waals surface area contributed by atoms with Crippen LogP contribution in [0, 0.1) is 0 Å². The van der Waals surface area contributed by atoms with Crippen LogP contribution in [-0.2, 0) is 0 Å². The van der Waals surface area contributed by atoms with Crippen molar-refractivity contribution in [1.82, 2.24) is 20.4 Å². The third-order valence-corrected chi connectivity index (χ3v) is 4.75. The number of amides is 1. The number of piperazine rings is 1. The van der Waals surface area contributed by atoms with Gasteiger partial charge < -0.3 is 15.5 Å². The summed E-state index contributed by atoms with van der Waals surface area (Å²) in [6.45, 7) is 3.14. The number of nitrogens with zero attached hydrogens (tertiary/aromatic N) is 5. The fourth-order valence-corrected chi connectivity index (χ4v) is 3.20. The normalized spacial score (nSPS) is 13.8. The van der Waals surface area contributed by atoms with Crippen LogP contribution in [0.1, 0.15) is 10.4 Å². The van der Waals surface area contributed by atoms with Crippen LogP contribution in [0.15, 0.2) is 61.1 Å². The third-order valence-electron chi connectivity index (χ3n) is 4.75. The quantitative estimate of drug-likeness (QED) is 0.563. The molecule has 4 rings (SSSR count). The molecule has 9 heteroatoms. The molecule has 2 aromatic heterocycles. The largest absolute Gasteiger partial charge is 0.393 e. The maximum Gasteiger partial charge on any atom is 0.269 e. The minimum atomic E-state index is -0.269. The van der Waals surface area contributed by atoms with E-state index in [-0.39, 0.29) is 5.91 Å². The Morgan fingerprint density at radius 3 is 2.34 bits per heavy atom. The summed E-state index contributed by atoms with van der Waals surface area (Å²) in [7, 11) is 0. The Bertz CT molecular complexity index is 959. The average Bonchev–Trinajstić information content (AvgIpc) is 2.79. The zero-order valence-corrected chi connectivity index (χ0v) is 15.8. The summed E-state index contributed by atoms with van der Waals surface area (Å²) in [6.07, 6.45) is 3.24. The lowest BCUT2D eigenvalue weighted by Crippen LogP contribution is -2.47. The first-order valence-electron chi connectivity index (χ1n) is 9.35. The molecule has 148 valence electrons. The third kappa shape index (κ3) is 4.18. The van der Waals surface area contributed by atoms with Gasteiger partial charge in [0.1, 0.15) is 17.8 Å². The van der Waals surface area contributed by atoms with Crippen LogP contribution >= 0.6 is 0 Å². The van der Waals surface area contributed by atoms with Crippen molar-refractivity contribution in [1.29, 1.82) is 0 Å². The number of rotatable bonds is 5. The number of anilines is 4. The molecule has 1 aromatic carbocycles. The molecular weight excluding hydrogens is 368 g/mol. The van der Waals surface area contributed by atoms with Crippen molar-refractivity contribution >= 4 is 29.0 Å². The zero-order chi connectivity index (χ0) is 20.1. The second kappa shape index (κ2) is 8.42. The summed E-state index contributed by atoms with van der Waals surface area (Å²) < 4.78 is 0. The molecule has 0 radical (unpaired) electrons. The Labute approximate surface area is 168 Å². The fourth-order valence-electron chi connectivity index (χ4n) is 3.20. The lowest BCUT2D eigenvalue weighted by molar-refractivity contribution is 0.0962. The molecule has 0 bridgehead atoms. The van der Waals surface area contributed by atoms with E-state index in [1.807, 2.05) is 24.3 Å². The molecule has 29 heavy (non-hydrogen) atoms. The van der Waals surface area contributed by atoms with E-state index in [1.54, 1.807) is 30.5 Å². The lowest BCUT2D eigenvalue weighted by atomic mass is 10.2. The minimum Gasteiger partial charge on any atom is -0.393 e. The molecule has 0 aliphatic carbocycles. The highest BCUT2D eigenvalue weighted by molar-refractivity contribution is 5.95. The standard InChI is InChI=1S/C20H22N8O/c21-17-18(25-26-20(29)15-6-2-1-3-7-15)23-14-24-19(17)28-12-10-27(11-13-28)16-8-4-5-9-22-16/h1-9,14H,10-13,21H2,(H,26,29)(H,23,24,25). The number of benzene rings is 1. The van der Waals surface area contributed by atoms with Crippen molar-refractivity contribution in [3.8, 4) is 0 Å². The average molecular weight is 390 g/mol. The Morgan fingerprint density at radius 2 is 1.62 bits per heavy atom. The Hall–Kier alpha value is -3.88. The van der Waals surface area contributed by atoms with Crippen LogP contribution in [0.5, 0.6) is 0 Å². The second-order valence-electron chi connectivity index (χ2n) is 6.57. The number of nitrogens with two attached hydrogens (primary N) is 1. The van der Waals surface area contributed by atoms with E-state index in [2.05, 4.69) is 35.6 Å². The Balaban J connectivity index is 1.40. The first-order chi connectivity index (χ1) is 14.2. The molecule has 3 aromatic rings. The summed E-state index contributed by atoms with van der Waals surface area (Å²) in [6, 6.07) is 14.8. The molecule has 1 aliphatic heterocycles. The van der Waals surface area contributed by atoms with E-state index in [4.69, 9.17) is 5.73 Å². The highest BCUT2D eigenvalue weighted by Crippen LogP contribution is 2.27. The predicted octanol–water partition coefficient (Wildman–Crippen LogP) is 1.54. The van der Waals surface area contributed by atoms with Gasteiger partial charge in [0.25, 0.3) is 5.91 Å². The number of hydrazine groups is 1. The van der Waals surface area contributed by atoms with Gasteiger partial charge in [-0.2, -0.15) is 0 Å². The first kappa shape index (κ1) is 18.5. The number of carbonyl (C=O) groups excluding carboxylic acids is 1. The van der Waals surface area contributed by atoms with Crippen LogP contribution in [0.2, 0.25) is 0 Å². The maximum absolute atomic E-state index is 12.2. The predicted molar refractivity (Wildman–Crippen MR) is 113 cm³/mol. The van der Waals surface area contributed by atoms with Gasteiger partial charge in [0, 0.05) is 37.9 Å². The zero-order valence-electron chi connectivity index (χ0n) is 15.8. The van der Waals surface area contributed by atoms with Crippen LogP contribution in [0.3, 0.4) is 0 Å². The number of nitrogens with one attached hydrogen (secondary N) is 2. The van der Waals surface area contributed by atoms with Crippen LogP contribution in [0.4, 0.5) is 23.1 Å². The number of hydrogen-bond acceptors (Lipinski definition) is 8. The molecule has 0 saturated carbocycles. The summed E-state index contributed by atoms with van der Waals surface area (Å²) in [4.78, 5) is 29.5. The van der Waals surface area contributed by atoms with E-state index >= 15 is 0 Å². The highest BCUT2D eigenvalue weighted by atomic mass is 16.2. The molecule has 1 saturated heterocycles. The monoisotopic (exact) mass is 390 g/mol. The van der Waals surface area contributed by atoms with Crippen LogP contribution in [-0.4, -0.2) is 47.0 Å². The highest BCUT2D eigenvalue weighted by Gasteiger charge is 2.22. The lowest BCUT2D eigenvalue weighted by Gasteiger charge is -2.36. The van der Waals surface area contributed by atoms with Gasteiger partial charge in [0.2, 0.25) is 0 Å². The van der Waals surface area contributed by atoms with Gasteiger partial charge in [0.05, 0.1) is 0 Å². The molecule has 1 amide bonds. The molecule has 1 fully saturated rings. The van der Waals surface area contributed by atoms with Crippen molar-refractivity contribution in [3.63, 3.8) is 0 Å². The van der Waals surface area contributed by atoms with Crippen molar-refractivity contribution < 1.29 is 4.79 Å². The van der Waals surface area contributed by atoms with Crippen LogP contribution in [0.25, 0.3) is 0 Å². The summed E-state index contributed by atoms with van der Waals surface area (Å²) in [5, 5.41) is 0. The van der Waals surface area contributed by atoms with Gasteiger partial charge in [-0.15, -0.1) is 0 Å². The second-order valence-corrected chi connectivity index (χ2v) is 6.57. The van der Waals surface area contributed by atoms with Gasteiger partial charge >= 0.3 is 0 Å². The van der Waals surface area contributed by atoms with E-state index in [9.17, 15) is 4.79 Å². The van der Waals surface area contributed by atoms with Gasteiger partial charge in [-0.25, -0.2) is 15.0 Å². The summed E-state index contributed by atoms with van der Waals surface area (Å²) >= 11 is 0. The topological polar surface area (TPSA) is 112 Å². The molecular formula is C20H22N8O. The molecule has 0 unspecified atom stereocenters. The van der Waals surface area contributed by atoms with E-state index in [0.717, 1.165) is 32.0 Å². The number of carbonyl (C=O) groups is 1. The van der Waals surface area contributed by atoms with Crippen LogP contribution < -0.4 is 26.4 Å². The summed E-state index contributed by atoms with van der Waals surface area (Å²) in [5.41, 5.74) is 12.6. The smallest absolute Gasteiger partial charge is 0.269 e. The Kier molecular flexibility index (Phi) is 5.37.